The Balaban J connectivity index is 1.78. The summed E-state index contributed by atoms with van der Waals surface area (Å²) in [5.41, 5.74) is 1.13. The fourth-order valence-electron chi connectivity index (χ4n) is 1.78. The molecule has 94 valence electrons. The van der Waals surface area contributed by atoms with Crippen molar-refractivity contribution >= 4 is 11.7 Å². The molecule has 1 aliphatic rings. The van der Waals surface area contributed by atoms with Crippen LogP contribution in [0.5, 0.6) is 0 Å². The molecule has 1 aromatic rings. The number of anilines is 1. The molecule has 1 aliphatic heterocycles. The lowest BCUT2D eigenvalue weighted by Crippen LogP contribution is -2.37. The van der Waals surface area contributed by atoms with E-state index in [0.717, 1.165) is 30.9 Å². The number of hydrogen-bond donors (Lipinski definition) is 1. The predicted molar refractivity (Wildman–Crippen MR) is 71.2 cm³/mol. The van der Waals surface area contributed by atoms with Gasteiger partial charge in [0.15, 0.2) is 0 Å². The first kappa shape index (κ1) is 12.4. The van der Waals surface area contributed by atoms with E-state index in [1.165, 1.54) is 6.42 Å². The fraction of sp³-hybridized carbons (Fsp3) is 0.429. The summed E-state index contributed by atoms with van der Waals surface area (Å²) in [4.78, 5) is 17.8. The Morgan fingerprint density at radius 3 is 2.89 bits per heavy atom. The smallest absolute Gasteiger partial charge is 0.295 e. The van der Waals surface area contributed by atoms with Crippen molar-refractivity contribution in [2.45, 2.75) is 19.8 Å². The van der Waals surface area contributed by atoms with Crippen LogP contribution in [0.3, 0.4) is 0 Å². The molecule has 1 amide bonds. The third-order valence-electron chi connectivity index (χ3n) is 2.93. The lowest BCUT2D eigenvalue weighted by molar-refractivity contribution is -0.115. The fourth-order valence-corrected chi connectivity index (χ4v) is 1.78. The molecule has 0 spiro atoms. The number of pyridine rings is 1. The molecule has 1 aromatic heterocycles. The van der Waals surface area contributed by atoms with E-state index in [1.54, 1.807) is 6.92 Å². The molecule has 0 aromatic carbocycles. The van der Waals surface area contributed by atoms with E-state index in [2.05, 4.69) is 33.1 Å². The summed E-state index contributed by atoms with van der Waals surface area (Å²) < 4.78 is 0. The lowest BCUT2D eigenvalue weighted by Gasteiger charge is -2.31. The van der Waals surface area contributed by atoms with Gasteiger partial charge in [-0.15, -0.1) is 0 Å². The zero-order chi connectivity index (χ0) is 12.8. The maximum Gasteiger partial charge on any atom is 0.295 e. The Kier molecular flexibility index (Phi) is 4.19. The number of aromatic nitrogens is 1. The average molecular weight is 243 g/mol. The van der Waals surface area contributed by atoms with Gasteiger partial charge in [-0.05, 0) is 37.3 Å². The van der Waals surface area contributed by atoms with Gasteiger partial charge in [-0.2, -0.15) is 0 Å². The van der Waals surface area contributed by atoms with E-state index in [9.17, 15) is 4.79 Å². The van der Waals surface area contributed by atoms with Crippen molar-refractivity contribution in [3.8, 4) is 11.8 Å². The number of hydrogen-bond acceptors (Lipinski definition) is 3. The van der Waals surface area contributed by atoms with Crippen LogP contribution in [0.15, 0.2) is 18.3 Å². The van der Waals surface area contributed by atoms with Gasteiger partial charge in [0, 0.05) is 25.8 Å². The first-order valence-electron chi connectivity index (χ1n) is 6.20. The topological polar surface area (TPSA) is 45.2 Å². The third-order valence-corrected chi connectivity index (χ3v) is 2.93. The minimum absolute atomic E-state index is 0.220. The van der Waals surface area contributed by atoms with Crippen molar-refractivity contribution in [1.29, 1.82) is 0 Å². The predicted octanol–water partition coefficient (Wildman–Crippen LogP) is 0.974. The summed E-state index contributed by atoms with van der Waals surface area (Å²) >= 11 is 0. The molecule has 2 rings (SSSR count). The quantitative estimate of drug-likeness (QED) is 0.802. The van der Waals surface area contributed by atoms with Gasteiger partial charge in [0.05, 0.1) is 0 Å². The van der Waals surface area contributed by atoms with E-state index >= 15 is 0 Å². The maximum atomic E-state index is 11.1. The summed E-state index contributed by atoms with van der Waals surface area (Å²) in [5.74, 6) is 5.85. The Hall–Kier alpha value is -2.02. The van der Waals surface area contributed by atoms with Crippen LogP contribution >= 0.6 is 0 Å². The van der Waals surface area contributed by atoms with Gasteiger partial charge in [-0.1, -0.05) is 12.0 Å². The zero-order valence-electron chi connectivity index (χ0n) is 10.6. The molecule has 2 heterocycles. The Labute approximate surface area is 107 Å². The van der Waals surface area contributed by atoms with Gasteiger partial charge in [-0.25, -0.2) is 4.98 Å². The van der Waals surface area contributed by atoms with Crippen molar-refractivity contribution in [1.82, 2.24) is 10.3 Å². The van der Waals surface area contributed by atoms with Crippen molar-refractivity contribution in [3.05, 3.63) is 23.9 Å². The first-order chi connectivity index (χ1) is 8.79. The number of nitrogens with one attached hydrogen (secondary N) is 1. The maximum absolute atomic E-state index is 11.1. The Morgan fingerprint density at radius 2 is 2.33 bits per heavy atom. The highest BCUT2D eigenvalue weighted by atomic mass is 16.1. The number of rotatable bonds is 4. The second kappa shape index (κ2) is 6.06. The van der Waals surface area contributed by atoms with Crippen molar-refractivity contribution in [2.24, 2.45) is 0 Å². The minimum atomic E-state index is -0.220. The second-order valence-corrected chi connectivity index (χ2v) is 4.25. The highest BCUT2D eigenvalue weighted by molar-refractivity contribution is 5.93. The molecule has 1 fully saturated rings. The highest BCUT2D eigenvalue weighted by Crippen LogP contribution is 2.17. The van der Waals surface area contributed by atoms with Crippen LogP contribution in [0.25, 0.3) is 0 Å². The lowest BCUT2D eigenvalue weighted by atomic mass is 10.2. The van der Waals surface area contributed by atoms with Crippen LogP contribution in [0, 0.1) is 11.8 Å². The molecule has 1 saturated heterocycles. The zero-order valence-corrected chi connectivity index (χ0v) is 10.6. The van der Waals surface area contributed by atoms with Gasteiger partial charge < -0.3 is 10.2 Å². The standard InChI is InChI=1S/C14H17N3O/c1-2-4-14(18)15-8-7-12-5-6-13(16-11-12)17-9-3-10-17/h5-6,11H,3,7-10H2,1H3,(H,15,18). The molecular formula is C14H17N3O. The van der Waals surface area contributed by atoms with Gasteiger partial charge in [0.25, 0.3) is 5.91 Å². The van der Waals surface area contributed by atoms with Crippen LogP contribution in [-0.4, -0.2) is 30.5 Å². The van der Waals surface area contributed by atoms with Crippen LogP contribution < -0.4 is 10.2 Å². The largest absolute Gasteiger partial charge is 0.356 e. The number of amides is 1. The van der Waals surface area contributed by atoms with Crippen LogP contribution in [0.4, 0.5) is 5.82 Å². The van der Waals surface area contributed by atoms with E-state index < -0.39 is 0 Å². The molecule has 0 atom stereocenters. The van der Waals surface area contributed by atoms with E-state index in [0.29, 0.717) is 6.54 Å². The van der Waals surface area contributed by atoms with Crippen LogP contribution in [0.1, 0.15) is 18.9 Å². The van der Waals surface area contributed by atoms with Crippen LogP contribution in [0.2, 0.25) is 0 Å². The van der Waals surface area contributed by atoms with Gasteiger partial charge >= 0.3 is 0 Å². The summed E-state index contributed by atoms with van der Waals surface area (Å²) in [6.07, 6.45) is 3.92. The van der Waals surface area contributed by atoms with E-state index in [4.69, 9.17) is 0 Å². The summed E-state index contributed by atoms with van der Waals surface area (Å²) in [6.45, 7) is 4.46. The highest BCUT2D eigenvalue weighted by Gasteiger charge is 2.14. The van der Waals surface area contributed by atoms with Crippen molar-refractivity contribution in [3.63, 3.8) is 0 Å². The molecule has 0 saturated carbocycles. The number of carbonyl (C=O) groups excluding carboxylic acids is 1. The SMILES string of the molecule is CC#CC(=O)NCCc1ccc(N2CCC2)nc1. The van der Waals surface area contributed by atoms with Crippen molar-refractivity contribution < 1.29 is 4.79 Å². The van der Waals surface area contributed by atoms with Crippen LogP contribution in [-0.2, 0) is 11.2 Å². The van der Waals surface area contributed by atoms with Gasteiger partial charge in [-0.3, -0.25) is 4.79 Å². The van der Waals surface area contributed by atoms with Gasteiger partial charge in [0.2, 0.25) is 0 Å². The molecule has 1 N–H and O–H groups in total. The summed E-state index contributed by atoms with van der Waals surface area (Å²) in [5, 5.41) is 2.74. The molecule has 18 heavy (non-hydrogen) atoms. The second-order valence-electron chi connectivity index (χ2n) is 4.25. The minimum Gasteiger partial charge on any atom is -0.356 e. The molecule has 0 radical (unpaired) electrons. The normalized spacial score (nSPS) is 13.3. The molecule has 0 bridgehead atoms. The molecule has 4 nitrogen and oxygen atoms in total. The van der Waals surface area contributed by atoms with E-state index in [-0.39, 0.29) is 5.91 Å². The van der Waals surface area contributed by atoms with Crippen molar-refractivity contribution in [2.75, 3.05) is 24.5 Å². The third kappa shape index (κ3) is 3.24. The van der Waals surface area contributed by atoms with Gasteiger partial charge in [0.1, 0.15) is 5.82 Å². The summed E-state index contributed by atoms with van der Waals surface area (Å²) in [6, 6.07) is 4.11. The Morgan fingerprint density at radius 1 is 1.50 bits per heavy atom. The number of nitrogens with zero attached hydrogens (tertiary/aromatic N) is 2. The van der Waals surface area contributed by atoms with E-state index in [1.807, 2.05) is 12.3 Å². The Bertz CT molecular complexity index is 466. The molecular weight excluding hydrogens is 226 g/mol. The molecule has 0 aliphatic carbocycles. The first-order valence-corrected chi connectivity index (χ1v) is 6.20. The average Bonchev–Trinajstić information content (AvgIpc) is 2.29. The number of carbonyl (C=O) groups is 1. The molecule has 0 unspecified atom stereocenters. The molecule has 4 heteroatoms. The monoisotopic (exact) mass is 243 g/mol. The summed E-state index contributed by atoms with van der Waals surface area (Å²) in [7, 11) is 0.